The van der Waals surface area contributed by atoms with Crippen LogP contribution in [0, 0.1) is 0 Å². The van der Waals surface area contributed by atoms with Crippen molar-refractivity contribution in [2.24, 2.45) is 4.99 Å². The van der Waals surface area contributed by atoms with Gasteiger partial charge in [-0.15, -0.1) is 8.78 Å². The number of aliphatic imine (C=N–C) groups is 1. The lowest BCUT2D eigenvalue weighted by molar-refractivity contribution is -0.129. The third kappa shape index (κ3) is 7.82. The van der Waals surface area contributed by atoms with Gasteiger partial charge in [-0.25, -0.2) is 4.99 Å². The Kier molecular flexibility index (Phi) is 8.59. The number of hydrogen-bond acceptors (Lipinski definition) is 5. The summed E-state index contributed by atoms with van der Waals surface area (Å²) in [6.07, 6.45) is -0.0661. The minimum Gasteiger partial charge on any atom is -0.420 e. The number of anilines is 1. The van der Waals surface area contributed by atoms with Gasteiger partial charge in [-0.2, -0.15) is 0 Å². The van der Waals surface area contributed by atoms with Gasteiger partial charge in [-0.3, -0.25) is 14.5 Å². The quantitative estimate of drug-likeness (QED) is 0.295. The molecule has 0 bridgehead atoms. The molecule has 1 N–H and O–H groups in total. The van der Waals surface area contributed by atoms with Crippen LogP contribution in [0.15, 0.2) is 77.8 Å². The molecule has 0 saturated carbocycles. The summed E-state index contributed by atoms with van der Waals surface area (Å²) in [5.41, 5.74) is -2.10. The van der Waals surface area contributed by atoms with Crippen LogP contribution in [0.1, 0.15) is 12.0 Å². The molecular weight excluding hydrogens is 567 g/mol. The number of ether oxygens (including phenoxy) is 1. The first-order valence-electron chi connectivity index (χ1n) is 10.8. The zero-order chi connectivity index (χ0) is 26.6. The van der Waals surface area contributed by atoms with Gasteiger partial charge in [-0.05, 0) is 66.2 Å². The van der Waals surface area contributed by atoms with Crippen LogP contribution in [-0.4, -0.2) is 32.7 Å². The number of carbonyl (C=O) groups excluding carboxylic acids is 2. The molecule has 0 aliphatic carbocycles. The number of hydrogen-bond donors (Lipinski definition) is 1. The lowest BCUT2D eigenvalue weighted by atomic mass is 10.2. The predicted octanol–water partition coefficient (Wildman–Crippen LogP) is 7.32. The number of amidine groups is 1. The number of carbonyl (C=O) groups is 2. The molecule has 6 nitrogen and oxygen atoms in total. The van der Waals surface area contributed by atoms with Gasteiger partial charge in [0, 0.05) is 33.8 Å². The second kappa shape index (κ2) is 11.7. The average Bonchev–Trinajstić information content (AvgIpc) is 2.84. The van der Waals surface area contributed by atoms with Crippen LogP contribution in [0.25, 0.3) is 0 Å². The molecule has 1 fully saturated rings. The zero-order valence-corrected chi connectivity index (χ0v) is 21.9. The summed E-state index contributed by atoms with van der Waals surface area (Å²) in [6.45, 7) is 0.246. The van der Waals surface area contributed by atoms with E-state index in [1.807, 2.05) is 12.1 Å². The molecule has 0 radical (unpaired) electrons. The van der Waals surface area contributed by atoms with Gasteiger partial charge in [0.1, 0.15) is 11.0 Å². The highest BCUT2D eigenvalue weighted by atomic mass is 35.5. The normalized spacial score (nSPS) is 17.1. The molecule has 37 heavy (non-hydrogen) atoms. The summed E-state index contributed by atoms with van der Waals surface area (Å²) in [5.74, 6) is -0.894. The minimum absolute atomic E-state index is 0.0661. The van der Waals surface area contributed by atoms with E-state index >= 15 is 0 Å². The Morgan fingerprint density at radius 2 is 1.62 bits per heavy atom. The van der Waals surface area contributed by atoms with E-state index < -0.39 is 16.7 Å². The van der Waals surface area contributed by atoms with E-state index in [1.54, 1.807) is 36.4 Å². The van der Waals surface area contributed by atoms with Crippen LogP contribution in [0.3, 0.4) is 0 Å². The van der Waals surface area contributed by atoms with Crippen LogP contribution in [0.5, 0.6) is 5.75 Å². The fourth-order valence-electron chi connectivity index (χ4n) is 3.36. The number of benzene rings is 3. The van der Waals surface area contributed by atoms with Gasteiger partial charge in [0.25, 0.3) is 0 Å². The van der Waals surface area contributed by atoms with Gasteiger partial charge in [-0.1, -0.05) is 47.1 Å². The fourth-order valence-corrected chi connectivity index (χ4v) is 4.80. The highest BCUT2D eigenvalue weighted by Gasteiger charge is 2.36. The molecule has 2 amide bonds. The second-order valence-corrected chi connectivity index (χ2v) is 10.3. The van der Waals surface area contributed by atoms with Gasteiger partial charge in [0.05, 0.1) is 12.2 Å². The van der Waals surface area contributed by atoms with E-state index in [-0.39, 0.29) is 24.6 Å². The SMILES string of the molecule is O=C(Nc1ccc(OC(F)(F)Cl)cc1)[C@@H]1CC(=O)N(Cc2ccc(Cl)cc2)C(=Nc2ccc(Cl)cc2)S1. The molecule has 3 aromatic rings. The third-order valence-corrected chi connectivity index (χ3v) is 6.86. The van der Waals surface area contributed by atoms with E-state index in [9.17, 15) is 18.4 Å². The Balaban J connectivity index is 1.53. The summed E-state index contributed by atoms with van der Waals surface area (Å²) in [6, 6.07) is 19.1. The van der Waals surface area contributed by atoms with Crippen LogP contribution in [0.4, 0.5) is 20.2 Å². The van der Waals surface area contributed by atoms with E-state index in [1.165, 1.54) is 29.2 Å². The molecule has 1 aliphatic rings. The molecular formula is C25H18Cl3F2N3O3S. The maximum Gasteiger partial charge on any atom is 0.487 e. The minimum atomic E-state index is -3.85. The van der Waals surface area contributed by atoms with Crippen LogP contribution < -0.4 is 10.1 Å². The van der Waals surface area contributed by atoms with Crippen molar-refractivity contribution in [2.45, 2.75) is 23.8 Å². The lowest BCUT2D eigenvalue weighted by Gasteiger charge is -2.32. The molecule has 0 unspecified atom stereocenters. The number of rotatable bonds is 7. The van der Waals surface area contributed by atoms with E-state index in [0.29, 0.717) is 26.6 Å². The third-order valence-electron chi connectivity index (χ3n) is 5.09. The smallest absolute Gasteiger partial charge is 0.420 e. The van der Waals surface area contributed by atoms with Gasteiger partial charge >= 0.3 is 5.57 Å². The average molecular weight is 585 g/mol. The van der Waals surface area contributed by atoms with Crippen molar-refractivity contribution in [2.75, 3.05) is 5.32 Å². The monoisotopic (exact) mass is 583 g/mol. The fraction of sp³-hybridized carbons (Fsp3) is 0.160. The van der Waals surface area contributed by atoms with Crippen molar-refractivity contribution in [1.82, 2.24) is 4.90 Å². The van der Waals surface area contributed by atoms with Crippen LogP contribution >= 0.6 is 46.6 Å². The number of alkyl halides is 3. The first-order chi connectivity index (χ1) is 17.6. The molecule has 1 atom stereocenters. The van der Waals surface area contributed by atoms with Crippen LogP contribution in [-0.2, 0) is 16.1 Å². The maximum absolute atomic E-state index is 13.2. The topological polar surface area (TPSA) is 71.0 Å². The lowest BCUT2D eigenvalue weighted by Crippen LogP contribution is -2.44. The highest BCUT2D eigenvalue weighted by molar-refractivity contribution is 8.15. The van der Waals surface area contributed by atoms with E-state index in [0.717, 1.165) is 17.3 Å². The maximum atomic E-state index is 13.2. The van der Waals surface area contributed by atoms with Crippen molar-refractivity contribution in [1.29, 1.82) is 0 Å². The number of thioether (sulfide) groups is 1. The van der Waals surface area contributed by atoms with Gasteiger partial charge in [0.15, 0.2) is 5.17 Å². The number of nitrogens with zero attached hydrogens (tertiary/aromatic N) is 2. The van der Waals surface area contributed by atoms with Crippen molar-refractivity contribution in [3.05, 3.63) is 88.4 Å². The Morgan fingerprint density at radius 3 is 2.22 bits per heavy atom. The first-order valence-corrected chi connectivity index (χ1v) is 12.8. The Bertz CT molecular complexity index is 1300. The number of nitrogens with one attached hydrogen (secondary N) is 1. The van der Waals surface area contributed by atoms with Gasteiger partial charge < -0.3 is 10.1 Å². The summed E-state index contributed by atoms with van der Waals surface area (Å²) >= 11 is 17.9. The summed E-state index contributed by atoms with van der Waals surface area (Å²) < 4.78 is 29.9. The van der Waals surface area contributed by atoms with Gasteiger partial charge in [0.2, 0.25) is 11.8 Å². The summed E-state index contributed by atoms with van der Waals surface area (Å²) in [5, 5.41) is 3.38. The standard InChI is InChI=1S/C25H18Cl3F2N3O3S/c26-16-3-1-15(2-4-16)14-33-22(34)13-21(37-24(33)32-19-7-5-17(27)6-8-19)23(35)31-18-9-11-20(12-10-18)36-25(28,29)30/h1-12,21H,13-14H2,(H,31,35)/t21-/m0/s1. The zero-order valence-electron chi connectivity index (χ0n) is 18.8. The summed E-state index contributed by atoms with van der Waals surface area (Å²) in [4.78, 5) is 32.3. The first kappa shape index (κ1) is 27.2. The molecule has 3 aromatic carbocycles. The van der Waals surface area contributed by atoms with Crippen molar-refractivity contribution in [3.63, 3.8) is 0 Å². The largest absolute Gasteiger partial charge is 0.487 e. The number of halogens is 5. The molecule has 192 valence electrons. The molecule has 0 aromatic heterocycles. The number of amides is 2. The molecule has 12 heteroatoms. The Morgan fingerprint density at radius 1 is 1.03 bits per heavy atom. The Labute approximate surface area is 230 Å². The second-order valence-electron chi connectivity index (χ2n) is 7.85. The molecule has 1 aliphatic heterocycles. The van der Waals surface area contributed by atoms with E-state index in [2.05, 4.69) is 15.0 Å². The molecule has 4 rings (SSSR count). The highest BCUT2D eigenvalue weighted by Crippen LogP contribution is 2.32. The van der Waals surface area contributed by atoms with Crippen molar-refractivity contribution in [3.8, 4) is 5.75 Å². The Hall–Kier alpha value is -2.85. The molecule has 1 heterocycles. The molecule has 0 spiro atoms. The van der Waals surface area contributed by atoms with Crippen molar-refractivity contribution < 1.29 is 23.1 Å². The summed E-state index contributed by atoms with van der Waals surface area (Å²) in [7, 11) is 0. The van der Waals surface area contributed by atoms with E-state index in [4.69, 9.17) is 34.8 Å². The van der Waals surface area contributed by atoms with Crippen LogP contribution in [0.2, 0.25) is 10.0 Å². The molecule has 1 saturated heterocycles. The predicted molar refractivity (Wildman–Crippen MR) is 143 cm³/mol. The van der Waals surface area contributed by atoms with Crippen molar-refractivity contribution >= 4 is 74.9 Å².